The number of esters is 2. The van der Waals surface area contributed by atoms with Crippen molar-refractivity contribution < 1.29 is 32.2 Å². The molecule has 0 saturated carbocycles. The molecule has 7 heteroatoms. The fraction of sp³-hybridized carbons (Fsp3) is 0.846. The summed E-state index contributed by atoms with van der Waals surface area (Å²) in [4.78, 5) is 23.1. The summed E-state index contributed by atoms with van der Waals surface area (Å²) in [5.74, 6) is -4.27. The second-order valence-electron chi connectivity index (χ2n) is 4.41. The van der Waals surface area contributed by atoms with Gasteiger partial charge in [-0.15, -0.1) is 0 Å². The molecular formula is C13H21F3O4. The monoisotopic (exact) mass is 298 g/mol. The highest BCUT2D eigenvalue weighted by atomic mass is 19.4. The van der Waals surface area contributed by atoms with Gasteiger partial charge in [-0.1, -0.05) is 26.7 Å². The van der Waals surface area contributed by atoms with Crippen LogP contribution in [0.5, 0.6) is 0 Å². The van der Waals surface area contributed by atoms with Crippen LogP contribution in [0.3, 0.4) is 0 Å². The number of alkyl halides is 3. The van der Waals surface area contributed by atoms with Gasteiger partial charge in [-0.2, -0.15) is 13.2 Å². The van der Waals surface area contributed by atoms with Crippen molar-refractivity contribution in [1.29, 1.82) is 0 Å². The van der Waals surface area contributed by atoms with Gasteiger partial charge in [-0.05, 0) is 12.8 Å². The van der Waals surface area contributed by atoms with E-state index in [1.165, 1.54) is 0 Å². The van der Waals surface area contributed by atoms with Crippen LogP contribution in [-0.4, -0.2) is 31.3 Å². The van der Waals surface area contributed by atoms with Crippen molar-refractivity contribution in [1.82, 2.24) is 0 Å². The number of hydrogen-bond donors (Lipinski definition) is 0. The Labute approximate surface area is 116 Å². The minimum Gasteiger partial charge on any atom is -0.465 e. The summed E-state index contributed by atoms with van der Waals surface area (Å²) in [5.41, 5.74) is 0. The van der Waals surface area contributed by atoms with Gasteiger partial charge in [0.2, 0.25) is 0 Å². The van der Waals surface area contributed by atoms with E-state index in [2.05, 4.69) is 9.47 Å². The smallest absolute Gasteiger partial charge is 0.390 e. The van der Waals surface area contributed by atoms with Crippen LogP contribution in [0.2, 0.25) is 0 Å². The highest BCUT2D eigenvalue weighted by Gasteiger charge is 2.41. The Balaban J connectivity index is 4.54. The second-order valence-corrected chi connectivity index (χ2v) is 4.41. The summed E-state index contributed by atoms with van der Waals surface area (Å²) < 4.78 is 46.5. The average Bonchev–Trinajstić information content (AvgIpc) is 2.35. The summed E-state index contributed by atoms with van der Waals surface area (Å²) in [6.07, 6.45) is -3.64. The highest BCUT2D eigenvalue weighted by molar-refractivity contribution is 5.94. The zero-order valence-electron chi connectivity index (χ0n) is 11.8. The maximum Gasteiger partial charge on any atom is 0.390 e. The van der Waals surface area contributed by atoms with Crippen molar-refractivity contribution in [2.45, 2.75) is 52.1 Å². The summed E-state index contributed by atoms with van der Waals surface area (Å²) in [5, 5.41) is 0. The summed E-state index contributed by atoms with van der Waals surface area (Å²) in [6.45, 7) is 3.71. The van der Waals surface area contributed by atoms with Crippen molar-refractivity contribution in [3.63, 3.8) is 0 Å². The van der Waals surface area contributed by atoms with Gasteiger partial charge in [0, 0.05) is 0 Å². The molecule has 0 saturated heterocycles. The molecule has 0 aromatic carbocycles. The third-order valence-corrected chi connectivity index (χ3v) is 2.49. The molecule has 0 aliphatic rings. The zero-order valence-corrected chi connectivity index (χ0v) is 11.8. The molecule has 0 aliphatic heterocycles. The molecule has 0 unspecified atom stereocenters. The lowest BCUT2D eigenvalue weighted by Gasteiger charge is -2.16. The number of carbonyl (C=O) groups excluding carboxylic acids is 2. The Morgan fingerprint density at radius 1 is 0.950 bits per heavy atom. The lowest BCUT2D eigenvalue weighted by Crippen LogP contribution is -2.32. The molecule has 20 heavy (non-hydrogen) atoms. The van der Waals surface area contributed by atoms with Crippen LogP contribution in [-0.2, 0) is 19.1 Å². The minimum absolute atomic E-state index is 0.00588. The van der Waals surface area contributed by atoms with Crippen LogP contribution in [0, 0.1) is 5.92 Å². The first kappa shape index (κ1) is 18.7. The Morgan fingerprint density at radius 2 is 1.35 bits per heavy atom. The molecule has 0 radical (unpaired) electrons. The normalized spacial score (nSPS) is 11.5. The number of rotatable bonds is 9. The molecule has 0 atom stereocenters. The maximum absolute atomic E-state index is 12.4. The van der Waals surface area contributed by atoms with Crippen LogP contribution in [0.15, 0.2) is 0 Å². The molecule has 0 bridgehead atoms. The van der Waals surface area contributed by atoms with E-state index in [0.29, 0.717) is 12.8 Å². The lowest BCUT2D eigenvalue weighted by molar-refractivity contribution is -0.180. The van der Waals surface area contributed by atoms with Gasteiger partial charge in [-0.25, -0.2) is 0 Å². The van der Waals surface area contributed by atoms with E-state index < -0.39 is 30.5 Å². The first-order chi connectivity index (χ1) is 9.31. The fourth-order valence-corrected chi connectivity index (χ4v) is 1.33. The maximum atomic E-state index is 12.4. The molecule has 0 spiro atoms. The Kier molecular flexibility index (Phi) is 9.00. The average molecular weight is 298 g/mol. The minimum atomic E-state index is -4.63. The second kappa shape index (κ2) is 9.61. The van der Waals surface area contributed by atoms with Crippen LogP contribution < -0.4 is 0 Å². The van der Waals surface area contributed by atoms with Gasteiger partial charge < -0.3 is 9.47 Å². The molecule has 0 N–H and O–H groups in total. The lowest BCUT2D eigenvalue weighted by atomic mass is 10.1. The SMILES string of the molecule is CCCCOC(=O)C(CC(F)(F)F)C(=O)OCCCC. The number of hydrogen-bond acceptors (Lipinski definition) is 4. The Hall–Kier alpha value is -1.27. The molecule has 4 nitrogen and oxygen atoms in total. The summed E-state index contributed by atoms with van der Waals surface area (Å²) >= 11 is 0. The third kappa shape index (κ3) is 8.77. The van der Waals surface area contributed by atoms with Crippen LogP contribution in [0.1, 0.15) is 46.0 Å². The quantitative estimate of drug-likeness (QED) is 0.372. The number of halogens is 3. The van der Waals surface area contributed by atoms with E-state index in [1.807, 2.05) is 13.8 Å². The van der Waals surface area contributed by atoms with E-state index in [1.54, 1.807) is 0 Å². The fourth-order valence-electron chi connectivity index (χ4n) is 1.33. The van der Waals surface area contributed by atoms with E-state index in [0.717, 1.165) is 12.8 Å². The van der Waals surface area contributed by atoms with Crippen molar-refractivity contribution in [3.8, 4) is 0 Å². The topological polar surface area (TPSA) is 52.6 Å². The number of carbonyl (C=O) groups is 2. The van der Waals surface area contributed by atoms with E-state index in [-0.39, 0.29) is 13.2 Å². The van der Waals surface area contributed by atoms with Crippen molar-refractivity contribution in [3.05, 3.63) is 0 Å². The molecule has 0 aliphatic carbocycles. The van der Waals surface area contributed by atoms with E-state index in [9.17, 15) is 22.8 Å². The predicted octanol–water partition coefficient (Wildman–Crippen LogP) is 3.24. The Morgan fingerprint density at radius 3 is 1.65 bits per heavy atom. The summed E-state index contributed by atoms with van der Waals surface area (Å²) in [6, 6.07) is 0. The number of ether oxygens (including phenoxy) is 2. The van der Waals surface area contributed by atoms with Crippen LogP contribution in [0.4, 0.5) is 13.2 Å². The van der Waals surface area contributed by atoms with Crippen molar-refractivity contribution in [2.24, 2.45) is 5.92 Å². The van der Waals surface area contributed by atoms with Gasteiger partial charge in [0.25, 0.3) is 0 Å². The van der Waals surface area contributed by atoms with Gasteiger partial charge >= 0.3 is 18.1 Å². The zero-order chi connectivity index (χ0) is 15.6. The molecule has 0 amide bonds. The van der Waals surface area contributed by atoms with Crippen LogP contribution >= 0.6 is 0 Å². The largest absolute Gasteiger partial charge is 0.465 e. The molecule has 0 fully saturated rings. The molecule has 0 rings (SSSR count). The number of unbranched alkanes of at least 4 members (excludes halogenated alkanes) is 2. The molecule has 118 valence electrons. The first-order valence-corrected chi connectivity index (χ1v) is 6.71. The van der Waals surface area contributed by atoms with E-state index >= 15 is 0 Å². The Bertz CT molecular complexity index is 280. The van der Waals surface area contributed by atoms with Gasteiger partial charge in [0.1, 0.15) is 0 Å². The van der Waals surface area contributed by atoms with Crippen molar-refractivity contribution in [2.75, 3.05) is 13.2 Å². The van der Waals surface area contributed by atoms with Crippen LogP contribution in [0.25, 0.3) is 0 Å². The first-order valence-electron chi connectivity index (χ1n) is 6.71. The molecule has 0 heterocycles. The van der Waals surface area contributed by atoms with Crippen molar-refractivity contribution >= 4 is 11.9 Å². The van der Waals surface area contributed by atoms with Gasteiger partial charge in [-0.3, -0.25) is 9.59 Å². The predicted molar refractivity (Wildman–Crippen MR) is 65.9 cm³/mol. The van der Waals surface area contributed by atoms with E-state index in [4.69, 9.17) is 0 Å². The standard InChI is InChI=1S/C13H21F3O4/c1-3-5-7-19-11(17)10(9-13(14,15)16)12(18)20-8-6-4-2/h10H,3-9H2,1-2H3. The molecule has 0 aromatic heterocycles. The van der Waals surface area contributed by atoms with Gasteiger partial charge in [0.15, 0.2) is 5.92 Å². The van der Waals surface area contributed by atoms with Gasteiger partial charge in [0.05, 0.1) is 19.6 Å². The molecule has 0 aromatic rings. The molecular weight excluding hydrogens is 277 g/mol. The third-order valence-electron chi connectivity index (χ3n) is 2.49. The highest BCUT2D eigenvalue weighted by Crippen LogP contribution is 2.26. The summed E-state index contributed by atoms with van der Waals surface area (Å²) in [7, 11) is 0.